The zero-order valence-electron chi connectivity index (χ0n) is 9.52. The molecule has 0 bridgehead atoms. The van der Waals surface area contributed by atoms with E-state index < -0.39 is 5.91 Å². The summed E-state index contributed by atoms with van der Waals surface area (Å²) in [5.41, 5.74) is 2.94. The zero-order valence-corrected chi connectivity index (χ0v) is 11.0. The molecule has 0 atom stereocenters. The van der Waals surface area contributed by atoms with Gasteiger partial charge in [0.15, 0.2) is 5.82 Å². The minimum atomic E-state index is -0.422. The molecule has 0 spiro atoms. The Balaban J connectivity index is 2.15. The first-order valence-electron chi connectivity index (χ1n) is 5.14. The lowest BCUT2D eigenvalue weighted by Gasteiger charge is -2.06. The molecule has 0 fully saturated rings. The van der Waals surface area contributed by atoms with Crippen LogP contribution in [0.5, 0.6) is 0 Å². The van der Waals surface area contributed by atoms with E-state index in [2.05, 4.69) is 20.7 Å². The van der Waals surface area contributed by atoms with Gasteiger partial charge >= 0.3 is 0 Å². The fourth-order valence-corrected chi connectivity index (χ4v) is 1.87. The molecule has 0 aliphatic rings. The van der Waals surface area contributed by atoms with E-state index in [-0.39, 0.29) is 5.69 Å². The number of carbonyl (C=O) groups is 1. The van der Waals surface area contributed by atoms with E-state index in [0.29, 0.717) is 21.6 Å². The third kappa shape index (κ3) is 3.54. The molecule has 98 valence electrons. The van der Waals surface area contributed by atoms with Gasteiger partial charge in [0.1, 0.15) is 5.69 Å². The Hall–Kier alpha value is -1.89. The van der Waals surface area contributed by atoms with Crippen LogP contribution in [0.4, 0.5) is 11.5 Å². The van der Waals surface area contributed by atoms with Crippen molar-refractivity contribution in [3.63, 3.8) is 0 Å². The molecule has 1 heterocycles. The van der Waals surface area contributed by atoms with Crippen molar-refractivity contribution in [2.75, 3.05) is 10.7 Å². The number of hydrogen-bond donors (Lipinski definition) is 3. The smallest absolute Gasteiger partial charge is 0.275 e. The fourth-order valence-electron chi connectivity index (χ4n) is 1.34. The van der Waals surface area contributed by atoms with E-state index in [1.165, 1.54) is 12.4 Å². The Bertz CT molecular complexity index is 582. The molecule has 0 aliphatic heterocycles. The molecule has 19 heavy (non-hydrogen) atoms. The number of nitrogens with one attached hydrogen (secondary N) is 2. The number of benzene rings is 1. The van der Waals surface area contributed by atoms with Gasteiger partial charge in [-0.25, -0.2) is 15.8 Å². The zero-order chi connectivity index (χ0) is 13.8. The number of hydrazine groups is 1. The fraction of sp³-hybridized carbons (Fsp3) is 0. The topological polar surface area (TPSA) is 92.9 Å². The van der Waals surface area contributed by atoms with Gasteiger partial charge in [0.05, 0.1) is 12.4 Å². The highest BCUT2D eigenvalue weighted by Gasteiger charge is 2.09. The van der Waals surface area contributed by atoms with E-state index in [9.17, 15) is 4.79 Å². The maximum atomic E-state index is 11.9. The number of hydrogen-bond acceptors (Lipinski definition) is 5. The van der Waals surface area contributed by atoms with Crippen LogP contribution in [0, 0.1) is 0 Å². The second-order valence-corrected chi connectivity index (χ2v) is 4.42. The molecule has 4 N–H and O–H groups in total. The van der Waals surface area contributed by atoms with Crippen molar-refractivity contribution >= 4 is 40.6 Å². The van der Waals surface area contributed by atoms with Crippen LogP contribution in [-0.2, 0) is 0 Å². The van der Waals surface area contributed by atoms with Gasteiger partial charge in [0, 0.05) is 15.7 Å². The lowest BCUT2D eigenvalue weighted by atomic mass is 10.3. The van der Waals surface area contributed by atoms with E-state index in [1.807, 2.05) is 0 Å². The van der Waals surface area contributed by atoms with Crippen molar-refractivity contribution in [2.24, 2.45) is 5.84 Å². The first-order chi connectivity index (χ1) is 9.08. The predicted octanol–water partition coefficient (Wildman–Crippen LogP) is 2.32. The third-order valence-corrected chi connectivity index (χ3v) is 2.59. The Kier molecular flexibility index (Phi) is 4.16. The summed E-state index contributed by atoms with van der Waals surface area (Å²) in [6.07, 6.45) is 2.65. The van der Waals surface area contributed by atoms with Gasteiger partial charge in [0.2, 0.25) is 0 Å². The van der Waals surface area contributed by atoms with Crippen LogP contribution in [0.3, 0.4) is 0 Å². The minimum absolute atomic E-state index is 0.148. The summed E-state index contributed by atoms with van der Waals surface area (Å²) in [5.74, 6) is 5.09. The summed E-state index contributed by atoms with van der Waals surface area (Å²) < 4.78 is 0. The average molecular weight is 298 g/mol. The maximum Gasteiger partial charge on any atom is 0.275 e. The van der Waals surface area contributed by atoms with Crippen LogP contribution in [0.1, 0.15) is 10.5 Å². The SMILES string of the molecule is NNc1cnc(C(=O)Nc2cc(Cl)cc(Cl)c2)cn1. The van der Waals surface area contributed by atoms with Crippen LogP contribution in [0.25, 0.3) is 0 Å². The molecule has 2 rings (SSSR count). The maximum absolute atomic E-state index is 11.9. The summed E-state index contributed by atoms with van der Waals surface area (Å²) in [7, 11) is 0. The predicted molar refractivity (Wildman–Crippen MR) is 74.3 cm³/mol. The molecule has 0 unspecified atom stereocenters. The highest BCUT2D eigenvalue weighted by molar-refractivity contribution is 6.35. The highest BCUT2D eigenvalue weighted by atomic mass is 35.5. The molecule has 1 amide bonds. The van der Waals surface area contributed by atoms with Gasteiger partial charge < -0.3 is 10.7 Å². The number of carbonyl (C=O) groups excluding carboxylic acids is 1. The lowest BCUT2D eigenvalue weighted by Crippen LogP contribution is -2.15. The van der Waals surface area contributed by atoms with Crippen molar-refractivity contribution in [2.45, 2.75) is 0 Å². The number of aromatic nitrogens is 2. The summed E-state index contributed by atoms with van der Waals surface area (Å²) in [6, 6.07) is 4.73. The molecule has 6 nitrogen and oxygen atoms in total. The molecule has 0 aliphatic carbocycles. The van der Waals surface area contributed by atoms with Crippen LogP contribution in [0.2, 0.25) is 10.0 Å². The number of nitrogens with zero attached hydrogens (tertiary/aromatic N) is 2. The summed E-state index contributed by atoms with van der Waals surface area (Å²) in [6.45, 7) is 0. The molecule has 1 aromatic heterocycles. The third-order valence-electron chi connectivity index (χ3n) is 2.15. The Morgan fingerprint density at radius 3 is 2.32 bits per heavy atom. The van der Waals surface area contributed by atoms with E-state index in [1.54, 1.807) is 18.2 Å². The number of anilines is 2. The molecule has 1 aromatic carbocycles. The van der Waals surface area contributed by atoms with Crippen molar-refractivity contribution in [1.29, 1.82) is 0 Å². The largest absolute Gasteiger partial charge is 0.321 e. The number of halogens is 2. The van der Waals surface area contributed by atoms with Gasteiger partial charge in [-0.15, -0.1) is 0 Å². The van der Waals surface area contributed by atoms with E-state index in [0.717, 1.165) is 0 Å². The second-order valence-electron chi connectivity index (χ2n) is 3.54. The molecule has 8 heteroatoms. The Morgan fingerprint density at radius 1 is 1.11 bits per heavy atom. The first-order valence-corrected chi connectivity index (χ1v) is 5.90. The van der Waals surface area contributed by atoms with Crippen LogP contribution in [0.15, 0.2) is 30.6 Å². The van der Waals surface area contributed by atoms with Gasteiger partial charge in [-0.05, 0) is 18.2 Å². The number of rotatable bonds is 3. The summed E-state index contributed by atoms with van der Waals surface area (Å²) >= 11 is 11.7. The monoisotopic (exact) mass is 297 g/mol. The molecule has 0 saturated carbocycles. The van der Waals surface area contributed by atoms with Crippen molar-refractivity contribution in [3.05, 3.63) is 46.3 Å². The number of amides is 1. The number of nitrogen functional groups attached to an aromatic ring is 1. The van der Waals surface area contributed by atoms with Crippen molar-refractivity contribution in [1.82, 2.24) is 9.97 Å². The van der Waals surface area contributed by atoms with Gasteiger partial charge in [-0.3, -0.25) is 4.79 Å². The van der Waals surface area contributed by atoms with Gasteiger partial charge in [0.25, 0.3) is 5.91 Å². The molecule has 0 radical (unpaired) electrons. The second kappa shape index (κ2) is 5.83. The van der Waals surface area contributed by atoms with Crippen LogP contribution >= 0.6 is 23.2 Å². The normalized spacial score (nSPS) is 10.1. The summed E-state index contributed by atoms with van der Waals surface area (Å²) in [5, 5.41) is 3.47. The van der Waals surface area contributed by atoms with Crippen molar-refractivity contribution < 1.29 is 4.79 Å². The van der Waals surface area contributed by atoms with Crippen LogP contribution in [-0.4, -0.2) is 15.9 Å². The average Bonchev–Trinajstić information content (AvgIpc) is 2.37. The first kappa shape index (κ1) is 13.5. The molecular weight excluding hydrogens is 289 g/mol. The quantitative estimate of drug-likeness (QED) is 0.597. The summed E-state index contributed by atoms with van der Waals surface area (Å²) in [4.78, 5) is 19.7. The van der Waals surface area contributed by atoms with Gasteiger partial charge in [-0.2, -0.15) is 0 Å². The van der Waals surface area contributed by atoms with Gasteiger partial charge in [-0.1, -0.05) is 23.2 Å². The Labute approximate surface area is 118 Å². The molecule has 0 saturated heterocycles. The van der Waals surface area contributed by atoms with Crippen LogP contribution < -0.4 is 16.6 Å². The van der Waals surface area contributed by atoms with E-state index in [4.69, 9.17) is 29.0 Å². The van der Waals surface area contributed by atoms with Crippen molar-refractivity contribution in [3.8, 4) is 0 Å². The standard InChI is InChI=1S/C11H9Cl2N5O/c12-6-1-7(13)3-8(2-6)17-11(19)9-4-16-10(18-14)5-15-9/h1-5H,14H2,(H,16,18)(H,17,19). The molecular formula is C11H9Cl2N5O. The highest BCUT2D eigenvalue weighted by Crippen LogP contribution is 2.22. The molecule has 2 aromatic rings. The van der Waals surface area contributed by atoms with E-state index >= 15 is 0 Å². The lowest BCUT2D eigenvalue weighted by molar-refractivity contribution is 0.102. The minimum Gasteiger partial charge on any atom is -0.321 e. The number of nitrogens with two attached hydrogens (primary N) is 1. The Morgan fingerprint density at radius 2 is 1.79 bits per heavy atom.